The van der Waals surface area contributed by atoms with E-state index >= 15 is 0 Å². The highest BCUT2D eigenvalue weighted by molar-refractivity contribution is 6.02. The number of likely N-dealkylation sites (tertiary alicyclic amines) is 1. The molecule has 0 radical (unpaired) electrons. The van der Waals surface area contributed by atoms with Gasteiger partial charge in [-0.3, -0.25) is 9.59 Å². The maximum atomic E-state index is 12.5. The van der Waals surface area contributed by atoms with Crippen LogP contribution in [0, 0.1) is 11.3 Å². The van der Waals surface area contributed by atoms with Gasteiger partial charge in [0, 0.05) is 17.8 Å². The van der Waals surface area contributed by atoms with Crippen LogP contribution in [-0.4, -0.2) is 47.9 Å². The predicted octanol–water partition coefficient (Wildman–Crippen LogP) is 2.34. The molecule has 1 amide bonds. The molecule has 1 saturated heterocycles. The number of nitriles is 1. The Hall–Kier alpha value is -3.34. The summed E-state index contributed by atoms with van der Waals surface area (Å²) in [6, 6.07) is 8.16. The summed E-state index contributed by atoms with van der Waals surface area (Å²) < 4.78 is 10.5. The van der Waals surface area contributed by atoms with Crippen molar-refractivity contribution in [3.8, 4) is 11.8 Å². The third kappa shape index (κ3) is 5.83. The molecule has 2 atom stereocenters. The fraction of sp³-hybridized carbons (Fsp3) is 0.455. The Morgan fingerprint density at radius 3 is 2.27 bits per heavy atom. The van der Waals surface area contributed by atoms with E-state index in [1.807, 2.05) is 18.7 Å². The fourth-order valence-electron chi connectivity index (χ4n) is 3.48. The van der Waals surface area contributed by atoms with Crippen molar-refractivity contribution in [2.24, 2.45) is 5.73 Å². The largest absolute Gasteiger partial charge is 0.484 e. The van der Waals surface area contributed by atoms with Crippen LogP contribution in [0.25, 0.3) is 0 Å². The van der Waals surface area contributed by atoms with Crippen LogP contribution in [0.3, 0.4) is 0 Å². The average Bonchev–Trinajstić information content (AvgIpc) is 2.71. The molecule has 0 aliphatic carbocycles. The molecule has 0 unspecified atom stereocenters. The number of amides is 1. The minimum absolute atomic E-state index is 0.0618. The van der Waals surface area contributed by atoms with Crippen molar-refractivity contribution >= 4 is 17.7 Å². The monoisotopic (exact) mass is 413 g/mol. The molecule has 30 heavy (non-hydrogen) atoms. The molecule has 1 aliphatic rings. The zero-order valence-corrected chi connectivity index (χ0v) is 17.5. The Kier molecular flexibility index (Phi) is 7.98. The Bertz CT molecular complexity index is 856. The van der Waals surface area contributed by atoms with E-state index in [0.717, 1.165) is 19.3 Å². The maximum absolute atomic E-state index is 12.5. The zero-order valence-electron chi connectivity index (χ0n) is 17.5. The van der Waals surface area contributed by atoms with Crippen molar-refractivity contribution < 1.29 is 23.9 Å². The van der Waals surface area contributed by atoms with Gasteiger partial charge < -0.3 is 20.1 Å². The van der Waals surface area contributed by atoms with Gasteiger partial charge in [0.25, 0.3) is 5.91 Å². The molecule has 1 heterocycles. The molecule has 160 valence electrons. The molecular formula is C22H27N3O5. The quantitative estimate of drug-likeness (QED) is 0.413. The number of ether oxygens (including phenoxy) is 2. The topological polar surface area (TPSA) is 123 Å². The summed E-state index contributed by atoms with van der Waals surface area (Å²) in [6.45, 7) is 4.87. The van der Waals surface area contributed by atoms with E-state index in [1.54, 1.807) is 18.2 Å². The number of nitrogens with two attached hydrogens (primary N) is 1. The number of esters is 1. The van der Waals surface area contributed by atoms with E-state index < -0.39 is 18.4 Å². The highest BCUT2D eigenvalue weighted by Gasteiger charge is 2.29. The zero-order chi connectivity index (χ0) is 22.3. The Labute approximate surface area is 176 Å². The van der Waals surface area contributed by atoms with E-state index in [1.165, 1.54) is 19.1 Å². The van der Waals surface area contributed by atoms with Crippen LogP contribution in [0.1, 0.15) is 50.4 Å². The number of Topliss-reactive ketones (excluding diaryl/α,β-unsaturated/α-hetero) is 1. The van der Waals surface area contributed by atoms with Crippen molar-refractivity contribution in [3.05, 3.63) is 41.1 Å². The molecule has 0 saturated carbocycles. The second-order valence-electron chi connectivity index (χ2n) is 7.41. The van der Waals surface area contributed by atoms with Crippen LogP contribution in [0.15, 0.2) is 35.5 Å². The van der Waals surface area contributed by atoms with Gasteiger partial charge in [-0.1, -0.05) is 0 Å². The van der Waals surface area contributed by atoms with E-state index in [4.69, 9.17) is 20.5 Å². The predicted molar refractivity (Wildman–Crippen MR) is 109 cm³/mol. The molecule has 0 aromatic heterocycles. The number of ketones is 1. The van der Waals surface area contributed by atoms with Crippen LogP contribution < -0.4 is 10.5 Å². The lowest BCUT2D eigenvalue weighted by atomic mass is 9.97. The summed E-state index contributed by atoms with van der Waals surface area (Å²) >= 11 is 0. The molecular weight excluding hydrogens is 386 g/mol. The summed E-state index contributed by atoms with van der Waals surface area (Å²) in [5, 5.41) is 8.89. The molecule has 2 rings (SSSR count). The molecule has 1 aliphatic heterocycles. The number of benzene rings is 1. The van der Waals surface area contributed by atoms with Gasteiger partial charge in [0.1, 0.15) is 17.4 Å². The second-order valence-corrected chi connectivity index (χ2v) is 7.41. The van der Waals surface area contributed by atoms with Gasteiger partial charge in [-0.15, -0.1) is 0 Å². The minimum Gasteiger partial charge on any atom is -0.484 e. The number of carbonyl (C=O) groups excluding carboxylic acids is 3. The van der Waals surface area contributed by atoms with E-state index in [2.05, 4.69) is 0 Å². The van der Waals surface area contributed by atoms with Gasteiger partial charge in [-0.05, 0) is 64.3 Å². The Balaban J connectivity index is 1.88. The summed E-state index contributed by atoms with van der Waals surface area (Å²) in [5.74, 6) is -0.991. The molecule has 1 aromatic carbocycles. The number of piperidine rings is 1. The molecule has 0 bridgehead atoms. The van der Waals surface area contributed by atoms with Crippen LogP contribution >= 0.6 is 0 Å². The first kappa shape index (κ1) is 22.9. The van der Waals surface area contributed by atoms with E-state index in [9.17, 15) is 14.4 Å². The molecule has 8 heteroatoms. The molecule has 2 N–H and O–H groups in total. The number of hydrogen-bond acceptors (Lipinski definition) is 7. The standard InChI is InChI=1S/C22H27N3O5/c1-14-5-4-6-15(2)25(14)21(27)13-29-18-9-7-17(8-10-18)22(28)30-12-20(26)19(11-23)16(3)24/h7-10,14-15H,4-6,12-13,24H2,1-3H3/b19-16+/t14-,15-/m0/s1. The van der Waals surface area contributed by atoms with Crippen LogP contribution in [0.5, 0.6) is 5.75 Å². The summed E-state index contributed by atoms with van der Waals surface area (Å²) in [7, 11) is 0. The van der Waals surface area contributed by atoms with E-state index in [0.29, 0.717) is 5.75 Å². The average molecular weight is 413 g/mol. The van der Waals surface area contributed by atoms with Crippen molar-refractivity contribution in [1.29, 1.82) is 5.26 Å². The highest BCUT2D eigenvalue weighted by Crippen LogP contribution is 2.23. The SMILES string of the molecule is C/C(N)=C(/C#N)C(=O)COC(=O)c1ccc(OCC(=O)N2[C@@H](C)CCC[C@@H]2C)cc1. The molecule has 1 fully saturated rings. The smallest absolute Gasteiger partial charge is 0.338 e. The number of nitrogens with zero attached hydrogens (tertiary/aromatic N) is 2. The lowest BCUT2D eigenvalue weighted by Gasteiger charge is -2.38. The fourth-order valence-corrected chi connectivity index (χ4v) is 3.48. The Morgan fingerprint density at radius 1 is 1.13 bits per heavy atom. The second kappa shape index (κ2) is 10.4. The van der Waals surface area contributed by atoms with Crippen LogP contribution in [0.4, 0.5) is 0 Å². The van der Waals surface area contributed by atoms with Crippen molar-refractivity contribution in [1.82, 2.24) is 4.90 Å². The van der Waals surface area contributed by atoms with Crippen molar-refractivity contribution in [2.75, 3.05) is 13.2 Å². The van der Waals surface area contributed by atoms with Gasteiger partial charge in [0.05, 0.1) is 5.56 Å². The number of hydrogen-bond donors (Lipinski definition) is 1. The maximum Gasteiger partial charge on any atom is 0.338 e. The highest BCUT2D eigenvalue weighted by atomic mass is 16.5. The van der Waals surface area contributed by atoms with Gasteiger partial charge in [0.2, 0.25) is 5.78 Å². The number of allylic oxidation sites excluding steroid dienone is 1. The summed E-state index contributed by atoms with van der Waals surface area (Å²) in [6.07, 6.45) is 3.11. The lowest BCUT2D eigenvalue weighted by Crippen LogP contribution is -2.49. The number of carbonyl (C=O) groups is 3. The first-order valence-electron chi connectivity index (χ1n) is 9.85. The number of rotatable bonds is 7. The normalized spacial score (nSPS) is 19.3. The first-order valence-corrected chi connectivity index (χ1v) is 9.85. The summed E-state index contributed by atoms with van der Waals surface area (Å²) in [4.78, 5) is 38.3. The first-order chi connectivity index (χ1) is 14.2. The van der Waals surface area contributed by atoms with Gasteiger partial charge >= 0.3 is 5.97 Å². The van der Waals surface area contributed by atoms with Gasteiger partial charge in [0.15, 0.2) is 13.2 Å². The Morgan fingerprint density at radius 2 is 1.73 bits per heavy atom. The molecule has 0 spiro atoms. The van der Waals surface area contributed by atoms with E-state index in [-0.39, 0.29) is 41.4 Å². The summed E-state index contributed by atoms with van der Waals surface area (Å²) in [5.41, 5.74) is 5.51. The molecule has 8 nitrogen and oxygen atoms in total. The van der Waals surface area contributed by atoms with Crippen LogP contribution in [-0.2, 0) is 14.3 Å². The third-order valence-electron chi connectivity index (χ3n) is 5.05. The van der Waals surface area contributed by atoms with Crippen molar-refractivity contribution in [3.63, 3.8) is 0 Å². The van der Waals surface area contributed by atoms with Crippen LogP contribution in [0.2, 0.25) is 0 Å². The minimum atomic E-state index is -0.714. The van der Waals surface area contributed by atoms with Gasteiger partial charge in [-0.25, -0.2) is 4.79 Å². The third-order valence-corrected chi connectivity index (χ3v) is 5.05. The van der Waals surface area contributed by atoms with Gasteiger partial charge in [-0.2, -0.15) is 5.26 Å². The van der Waals surface area contributed by atoms with Crippen molar-refractivity contribution in [2.45, 2.75) is 52.1 Å². The lowest BCUT2D eigenvalue weighted by molar-refractivity contribution is -0.139. The molecule has 1 aromatic rings.